The standard InChI is InChI=1S/2C6H8O2.C5H8.CO2/c1-5-3-2-4-6(7)8-5;1-2-3-4-5-6(7)8;1-3-5-4-2;2-1-3/h2,4-5H,3H2,1H3;2-5H,1H3,(H,7,8);3-5H,1H2,2H3;/p+2/b;3-2+,5-4+;5-4+;. The zero-order valence-corrected chi connectivity index (χ0v) is 14.2. The van der Waals surface area contributed by atoms with Gasteiger partial charge >= 0.3 is 20.9 Å². The second kappa shape index (κ2) is 22.3. The molecule has 132 valence electrons. The minimum absolute atomic E-state index is 0. The molecule has 0 radical (unpaired) electrons. The molecule has 1 atom stereocenters. The lowest BCUT2D eigenvalue weighted by molar-refractivity contribution is -0.191. The first-order chi connectivity index (χ1) is 11.4. The number of ether oxygens (including phenoxy) is 1. The molecule has 0 amide bonds. The van der Waals surface area contributed by atoms with E-state index in [0.29, 0.717) is 0 Å². The number of hydrogen-bond acceptors (Lipinski definition) is 5. The van der Waals surface area contributed by atoms with Crippen molar-refractivity contribution in [3.63, 3.8) is 0 Å². The first-order valence-corrected chi connectivity index (χ1v) is 7.01. The zero-order valence-electron chi connectivity index (χ0n) is 16.2. The van der Waals surface area contributed by atoms with Crippen LogP contribution in [-0.4, -0.2) is 29.3 Å². The maximum atomic E-state index is 10.4. The van der Waals surface area contributed by atoms with Gasteiger partial charge in [-0.2, -0.15) is 9.59 Å². The second-order valence-corrected chi connectivity index (χ2v) is 3.95. The van der Waals surface area contributed by atoms with Crippen molar-refractivity contribution in [3.8, 4) is 0 Å². The molecule has 0 aromatic rings. The summed E-state index contributed by atoms with van der Waals surface area (Å²) in [5, 5.41) is 8.02. The van der Waals surface area contributed by atoms with Crippen LogP contribution in [0.2, 0.25) is 0 Å². The lowest BCUT2D eigenvalue weighted by Gasteiger charge is -2.12. The van der Waals surface area contributed by atoms with Crippen molar-refractivity contribution in [2.45, 2.75) is 33.3 Å². The van der Waals surface area contributed by atoms with Gasteiger partial charge in [-0.1, -0.05) is 49.1 Å². The van der Waals surface area contributed by atoms with Gasteiger partial charge in [0.1, 0.15) is 6.10 Å². The number of esters is 1. The Hall–Kier alpha value is -2.98. The Morgan fingerprint density at radius 3 is 2.12 bits per heavy atom. The Balaban J connectivity index is -0.0000000778. The van der Waals surface area contributed by atoms with E-state index in [9.17, 15) is 9.59 Å². The number of rotatable bonds is 3. The molecule has 24 heavy (non-hydrogen) atoms. The van der Waals surface area contributed by atoms with Gasteiger partial charge in [0.05, 0.1) is 0 Å². The summed E-state index contributed by atoms with van der Waals surface area (Å²) < 4.78 is 4.76. The summed E-state index contributed by atoms with van der Waals surface area (Å²) in [6.07, 6.45) is 16.0. The molecule has 1 aliphatic heterocycles. The first kappa shape index (κ1) is 25.9. The molecular weight excluding hydrogens is 312 g/mol. The summed E-state index contributed by atoms with van der Waals surface area (Å²) in [6.45, 7) is 9.13. The largest absolute Gasteiger partial charge is 1.00 e. The van der Waals surface area contributed by atoms with Crippen molar-refractivity contribution in [3.05, 3.63) is 61.3 Å². The molecular formula is C18H26O6+2. The fourth-order valence-corrected chi connectivity index (χ4v) is 1.03. The van der Waals surface area contributed by atoms with Crippen LogP contribution in [0.4, 0.5) is 0 Å². The molecule has 0 saturated heterocycles. The van der Waals surface area contributed by atoms with E-state index in [-0.39, 0.29) is 21.1 Å². The van der Waals surface area contributed by atoms with E-state index in [4.69, 9.17) is 19.4 Å². The van der Waals surface area contributed by atoms with Crippen molar-refractivity contribution in [2.75, 3.05) is 0 Å². The van der Waals surface area contributed by atoms with Crippen LogP contribution in [0.3, 0.4) is 0 Å². The van der Waals surface area contributed by atoms with Gasteiger partial charge in [0, 0.05) is 18.6 Å². The Morgan fingerprint density at radius 2 is 1.88 bits per heavy atom. The van der Waals surface area contributed by atoms with Crippen molar-refractivity contribution in [1.82, 2.24) is 0 Å². The highest BCUT2D eigenvalue weighted by atomic mass is 16.5. The monoisotopic (exact) mass is 338 g/mol. The summed E-state index contributed by atoms with van der Waals surface area (Å²) in [7, 11) is 0. The molecule has 6 nitrogen and oxygen atoms in total. The van der Waals surface area contributed by atoms with E-state index in [1.165, 1.54) is 12.2 Å². The average molecular weight is 338 g/mol. The predicted octanol–water partition coefficient (Wildman–Crippen LogP) is 3.47. The van der Waals surface area contributed by atoms with Crippen LogP contribution < -0.4 is 0 Å². The molecule has 0 saturated carbocycles. The number of carbonyl (C=O) groups is 2. The van der Waals surface area contributed by atoms with Crippen LogP contribution in [0, 0.1) is 0 Å². The summed E-state index contributed by atoms with van der Waals surface area (Å²) in [6, 6.07) is 0. The fraction of sp³-hybridized carbons (Fsp3) is 0.278. The lowest BCUT2D eigenvalue weighted by atomic mass is 10.2. The van der Waals surface area contributed by atoms with Gasteiger partial charge in [0.2, 0.25) is 0 Å². The number of carboxylic acid groups (broad SMARTS) is 1. The van der Waals surface area contributed by atoms with Gasteiger partial charge in [-0.15, -0.1) is 0 Å². The van der Waals surface area contributed by atoms with E-state index in [1.54, 1.807) is 18.2 Å². The van der Waals surface area contributed by atoms with E-state index in [0.717, 1.165) is 12.5 Å². The summed E-state index contributed by atoms with van der Waals surface area (Å²) in [5.41, 5.74) is 0. The third-order valence-corrected chi connectivity index (χ3v) is 1.91. The van der Waals surface area contributed by atoms with Crippen LogP contribution in [0.25, 0.3) is 0 Å². The van der Waals surface area contributed by atoms with E-state index in [1.807, 2.05) is 39.0 Å². The molecule has 1 unspecified atom stereocenters. The minimum atomic E-state index is -0.914. The SMILES string of the molecule is C/C=C/C=C/C(=O)O.C=C/C=C/C.CC1CC=CC(=O)O1.O=C=O.[H+].[H+]. The number of carbonyl (C=O) groups excluding carboxylic acids is 3. The van der Waals surface area contributed by atoms with E-state index < -0.39 is 5.97 Å². The van der Waals surface area contributed by atoms with Gasteiger partial charge < -0.3 is 9.84 Å². The number of carboxylic acids is 1. The third kappa shape index (κ3) is 31.4. The Kier molecular flexibility index (Phi) is 24.1. The number of cyclic esters (lactones) is 1. The predicted molar refractivity (Wildman–Crippen MR) is 93.1 cm³/mol. The van der Waals surface area contributed by atoms with Gasteiger partial charge in [0.25, 0.3) is 0 Å². The fourth-order valence-electron chi connectivity index (χ4n) is 1.03. The molecule has 1 heterocycles. The van der Waals surface area contributed by atoms with Crippen molar-refractivity contribution in [2.24, 2.45) is 0 Å². The van der Waals surface area contributed by atoms with Gasteiger partial charge in [-0.3, -0.25) is 0 Å². The zero-order chi connectivity index (χ0) is 19.2. The quantitative estimate of drug-likeness (QED) is 0.481. The molecule has 0 aromatic heterocycles. The minimum Gasteiger partial charge on any atom is -0.478 e. The molecule has 0 aromatic carbocycles. The topological polar surface area (TPSA) is 97.7 Å². The maximum Gasteiger partial charge on any atom is 1.00 e. The summed E-state index contributed by atoms with van der Waals surface area (Å²) in [4.78, 5) is 36.4. The molecule has 0 bridgehead atoms. The van der Waals surface area contributed by atoms with Crippen LogP contribution in [0.1, 0.15) is 30.0 Å². The van der Waals surface area contributed by atoms with Crippen LogP contribution in [0.15, 0.2) is 61.3 Å². The molecule has 1 aliphatic rings. The molecule has 1 N–H and O–H groups in total. The van der Waals surface area contributed by atoms with Crippen LogP contribution >= 0.6 is 0 Å². The number of hydrogen-bond donors (Lipinski definition) is 1. The van der Waals surface area contributed by atoms with Gasteiger partial charge in [-0.05, 0) is 20.8 Å². The van der Waals surface area contributed by atoms with Gasteiger partial charge in [-0.25, -0.2) is 9.59 Å². The highest BCUT2D eigenvalue weighted by Gasteiger charge is 2.08. The Bertz CT molecular complexity index is 502. The smallest absolute Gasteiger partial charge is 0.478 e. The maximum absolute atomic E-state index is 10.4. The first-order valence-electron chi connectivity index (χ1n) is 7.01. The van der Waals surface area contributed by atoms with Crippen molar-refractivity contribution < 1.29 is 31.9 Å². The van der Waals surface area contributed by atoms with Crippen LogP contribution in [-0.2, 0) is 23.9 Å². The number of aliphatic carboxylic acids is 1. The van der Waals surface area contributed by atoms with E-state index in [2.05, 4.69) is 6.58 Å². The van der Waals surface area contributed by atoms with Crippen molar-refractivity contribution in [1.29, 1.82) is 0 Å². The highest BCUT2D eigenvalue weighted by Crippen LogP contribution is 2.04. The highest BCUT2D eigenvalue weighted by molar-refractivity contribution is 5.82. The Morgan fingerprint density at radius 1 is 1.33 bits per heavy atom. The Labute approximate surface area is 145 Å². The lowest BCUT2D eigenvalue weighted by Crippen LogP contribution is -2.15. The normalized spacial score (nSPS) is 15.1. The third-order valence-electron chi connectivity index (χ3n) is 1.91. The van der Waals surface area contributed by atoms with Gasteiger partial charge in [0.15, 0.2) is 0 Å². The van der Waals surface area contributed by atoms with E-state index >= 15 is 0 Å². The molecule has 6 heteroatoms. The van der Waals surface area contributed by atoms with Crippen molar-refractivity contribution >= 4 is 18.1 Å². The molecule has 0 aliphatic carbocycles. The molecule has 0 spiro atoms. The average Bonchev–Trinajstić information content (AvgIpc) is 2.50. The summed E-state index contributed by atoms with van der Waals surface area (Å²) in [5.74, 6) is -1.13. The molecule has 1 rings (SSSR count). The summed E-state index contributed by atoms with van der Waals surface area (Å²) >= 11 is 0. The van der Waals surface area contributed by atoms with Crippen LogP contribution in [0.5, 0.6) is 0 Å². The second-order valence-electron chi connectivity index (χ2n) is 3.95. The molecule has 0 fully saturated rings. The number of allylic oxidation sites excluding steroid dienone is 6.